The van der Waals surface area contributed by atoms with Crippen molar-refractivity contribution in [3.8, 4) is 0 Å². The number of carbonyl (C=O) groups excluding carboxylic acids is 2. The van der Waals surface area contributed by atoms with Crippen LogP contribution in [-0.2, 0) is 9.59 Å². The number of halogens is 1. The number of rotatable bonds is 7. The van der Waals surface area contributed by atoms with Gasteiger partial charge < -0.3 is 10.2 Å². The SMILES string of the molecule is O=C(CN1CCC(C(=O)N2CCN(C(c3ccccc3)c3ccccc3)CC2)CC1)Nc1ccc(F)cc1. The van der Waals surface area contributed by atoms with Gasteiger partial charge in [0, 0.05) is 37.8 Å². The Morgan fingerprint density at radius 2 is 1.32 bits per heavy atom. The molecule has 0 aromatic heterocycles. The van der Waals surface area contributed by atoms with E-state index in [0.29, 0.717) is 5.69 Å². The minimum absolute atomic E-state index is 0.0111. The summed E-state index contributed by atoms with van der Waals surface area (Å²) in [5, 5.41) is 2.81. The summed E-state index contributed by atoms with van der Waals surface area (Å²) in [6.45, 7) is 4.85. The standard InChI is InChI=1S/C31H35FN4O2/c32-27-11-13-28(14-12-27)33-29(37)23-34-17-15-26(16-18-34)31(38)36-21-19-35(20-22-36)30(24-7-3-1-4-8-24)25-9-5-2-6-10-25/h1-14,26,30H,15-23H2,(H,33,37). The Morgan fingerprint density at radius 3 is 1.87 bits per heavy atom. The van der Waals surface area contributed by atoms with Gasteiger partial charge in [-0.25, -0.2) is 4.39 Å². The molecule has 2 fully saturated rings. The average Bonchev–Trinajstić information content (AvgIpc) is 2.96. The number of anilines is 1. The maximum Gasteiger partial charge on any atom is 0.238 e. The van der Waals surface area contributed by atoms with Crippen LogP contribution in [0.2, 0.25) is 0 Å². The topological polar surface area (TPSA) is 55.9 Å². The Labute approximate surface area is 224 Å². The lowest BCUT2D eigenvalue weighted by molar-refractivity contribution is -0.139. The number of carbonyl (C=O) groups is 2. The summed E-state index contributed by atoms with van der Waals surface area (Å²) in [7, 11) is 0. The lowest BCUT2D eigenvalue weighted by Crippen LogP contribution is -2.52. The zero-order valence-electron chi connectivity index (χ0n) is 21.6. The van der Waals surface area contributed by atoms with Crippen LogP contribution in [-0.4, -0.2) is 72.3 Å². The third-order valence-electron chi connectivity index (χ3n) is 7.65. The molecule has 2 aliphatic heterocycles. The molecule has 2 heterocycles. The summed E-state index contributed by atoms with van der Waals surface area (Å²) < 4.78 is 13.1. The van der Waals surface area contributed by atoms with Crippen LogP contribution in [0.5, 0.6) is 0 Å². The van der Waals surface area contributed by atoms with E-state index in [9.17, 15) is 14.0 Å². The van der Waals surface area contributed by atoms with Gasteiger partial charge in [0.1, 0.15) is 5.82 Å². The Morgan fingerprint density at radius 1 is 0.763 bits per heavy atom. The number of hydrogen-bond acceptors (Lipinski definition) is 4. The van der Waals surface area contributed by atoms with Crippen molar-refractivity contribution in [1.29, 1.82) is 0 Å². The number of nitrogens with one attached hydrogen (secondary N) is 1. The number of piperazine rings is 1. The molecule has 6 nitrogen and oxygen atoms in total. The third kappa shape index (κ3) is 6.47. The molecule has 198 valence electrons. The first-order valence-corrected chi connectivity index (χ1v) is 13.5. The van der Waals surface area contributed by atoms with Gasteiger partial charge in [0.05, 0.1) is 12.6 Å². The van der Waals surface area contributed by atoms with Crippen LogP contribution in [0.25, 0.3) is 0 Å². The summed E-state index contributed by atoms with van der Waals surface area (Å²) >= 11 is 0. The molecule has 7 heteroatoms. The van der Waals surface area contributed by atoms with Crippen LogP contribution >= 0.6 is 0 Å². The van der Waals surface area contributed by atoms with Crippen molar-refractivity contribution in [2.24, 2.45) is 5.92 Å². The van der Waals surface area contributed by atoms with Gasteiger partial charge in [-0.1, -0.05) is 60.7 Å². The van der Waals surface area contributed by atoms with Crippen molar-refractivity contribution >= 4 is 17.5 Å². The van der Waals surface area contributed by atoms with Crippen LogP contribution in [0.1, 0.15) is 30.0 Å². The highest BCUT2D eigenvalue weighted by molar-refractivity contribution is 5.92. The van der Waals surface area contributed by atoms with Gasteiger partial charge in [-0.15, -0.1) is 0 Å². The molecule has 1 N–H and O–H groups in total. The fourth-order valence-corrected chi connectivity index (χ4v) is 5.62. The van der Waals surface area contributed by atoms with Crippen molar-refractivity contribution in [2.75, 3.05) is 51.1 Å². The number of amides is 2. The Kier molecular flexibility index (Phi) is 8.46. The molecule has 2 amide bonds. The van der Waals surface area contributed by atoms with E-state index in [1.165, 1.54) is 23.3 Å². The van der Waals surface area contributed by atoms with E-state index in [0.717, 1.165) is 52.1 Å². The second-order valence-corrected chi connectivity index (χ2v) is 10.2. The minimum Gasteiger partial charge on any atom is -0.340 e. The molecule has 0 unspecified atom stereocenters. The van der Waals surface area contributed by atoms with Gasteiger partial charge in [-0.2, -0.15) is 0 Å². The summed E-state index contributed by atoms with van der Waals surface area (Å²) in [4.78, 5) is 32.3. The third-order valence-corrected chi connectivity index (χ3v) is 7.65. The Bertz CT molecular complexity index is 1150. The summed E-state index contributed by atoms with van der Waals surface area (Å²) in [6.07, 6.45) is 1.53. The van der Waals surface area contributed by atoms with Gasteiger partial charge in [0.15, 0.2) is 0 Å². The molecule has 2 saturated heterocycles. The predicted molar refractivity (Wildman–Crippen MR) is 147 cm³/mol. The van der Waals surface area contributed by atoms with Gasteiger partial charge in [0.25, 0.3) is 0 Å². The monoisotopic (exact) mass is 514 g/mol. The van der Waals surface area contributed by atoms with Gasteiger partial charge in [0.2, 0.25) is 11.8 Å². The molecule has 38 heavy (non-hydrogen) atoms. The van der Waals surface area contributed by atoms with E-state index < -0.39 is 0 Å². The number of benzene rings is 3. The van der Waals surface area contributed by atoms with E-state index in [2.05, 4.69) is 63.6 Å². The molecule has 0 spiro atoms. The van der Waals surface area contributed by atoms with Crippen LogP contribution in [0, 0.1) is 11.7 Å². The average molecular weight is 515 g/mol. The van der Waals surface area contributed by atoms with Crippen molar-refractivity contribution in [3.63, 3.8) is 0 Å². The molecule has 3 aromatic rings. The van der Waals surface area contributed by atoms with Crippen LogP contribution < -0.4 is 5.32 Å². The largest absolute Gasteiger partial charge is 0.340 e. The van der Waals surface area contributed by atoms with Gasteiger partial charge in [-0.3, -0.25) is 19.4 Å². The fraction of sp³-hybridized carbons (Fsp3) is 0.355. The second-order valence-electron chi connectivity index (χ2n) is 10.2. The molecule has 0 saturated carbocycles. The first kappa shape index (κ1) is 26.1. The maximum atomic E-state index is 13.3. The molecular formula is C31H35FN4O2. The van der Waals surface area contributed by atoms with Crippen LogP contribution in [0.3, 0.4) is 0 Å². The predicted octanol–water partition coefficient (Wildman–Crippen LogP) is 4.41. The molecule has 0 aliphatic carbocycles. The number of nitrogens with zero attached hydrogens (tertiary/aromatic N) is 3. The van der Waals surface area contributed by atoms with E-state index in [1.807, 2.05) is 17.0 Å². The zero-order valence-corrected chi connectivity index (χ0v) is 21.6. The quantitative estimate of drug-likeness (QED) is 0.508. The number of hydrogen-bond donors (Lipinski definition) is 1. The summed E-state index contributed by atoms with van der Waals surface area (Å²) in [5.41, 5.74) is 3.13. The maximum absolute atomic E-state index is 13.3. The molecule has 0 atom stereocenters. The molecule has 0 radical (unpaired) electrons. The summed E-state index contributed by atoms with van der Waals surface area (Å²) in [6, 6.07) is 27.1. The van der Waals surface area contributed by atoms with Crippen LogP contribution in [0.4, 0.5) is 10.1 Å². The number of piperidine rings is 1. The van der Waals surface area contributed by atoms with Gasteiger partial charge in [-0.05, 0) is 61.3 Å². The smallest absolute Gasteiger partial charge is 0.238 e. The van der Waals surface area contributed by atoms with E-state index in [-0.39, 0.29) is 36.1 Å². The lowest BCUT2D eigenvalue weighted by Gasteiger charge is -2.41. The lowest BCUT2D eigenvalue weighted by atomic mass is 9.94. The highest BCUT2D eigenvalue weighted by Gasteiger charge is 2.33. The van der Waals surface area contributed by atoms with E-state index in [1.54, 1.807) is 12.1 Å². The molecule has 5 rings (SSSR count). The highest BCUT2D eigenvalue weighted by atomic mass is 19.1. The first-order valence-electron chi connectivity index (χ1n) is 13.5. The second kappa shape index (κ2) is 12.3. The van der Waals surface area contributed by atoms with Crippen molar-refractivity contribution in [1.82, 2.24) is 14.7 Å². The van der Waals surface area contributed by atoms with Crippen molar-refractivity contribution in [2.45, 2.75) is 18.9 Å². The van der Waals surface area contributed by atoms with Gasteiger partial charge >= 0.3 is 0 Å². The number of likely N-dealkylation sites (tertiary alicyclic amines) is 1. The highest BCUT2D eigenvalue weighted by Crippen LogP contribution is 2.30. The Balaban J connectivity index is 1.11. The van der Waals surface area contributed by atoms with E-state index in [4.69, 9.17) is 0 Å². The minimum atomic E-state index is -0.330. The molecule has 3 aromatic carbocycles. The van der Waals surface area contributed by atoms with Crippen LogP contribution in [0.15, 0.2) is 84.9 Å². The fourth-order valence-electron chi connectivity index (χ4n) is 5.62. The summed E-state index contributed by atoms with van der Waals surface area (Å²) in [5.74, 6) is -0.194. The molecular weight excluding hydrogens is 479 g/mol. The molecule has 0 bridgehead atoms. The normalized spacial score (nSPS) is 17.5. The first-order chi connectivity index (χ1) is 18.6. The Hall–Kier alpha value is -3.55. The molecule has 2 aliphatic rings. The van der Waals surface area contributed by atoms with Crippen molar-refractivity contribution in [3.05, 3.63) is 102 Å². The van der Waals surface area contributed by atoms with Crippen molar-refractivity contribution < 1.29 is 14.0 Å². The zero-order chi connectivity index (χ0) is 26.3. The van der Waals surface area contributed by atoms with E-state index >= 15 is 0 Å².